The van der Waals surface area contributed by atoms with Crippen LogP contribution in [0, 0.1) is 5.82 Å². The average Bonchev–Trinajstić information content (AvgIpc) is 2.17. The third-order valence-electron chi connectivity index (χ3n) is 1.76. The van der Waals surface area contributed by atoms with Gasteiger partial charge in [0.25, 0.3) is 0 Å². The number of nitrogen functional groups attached to an aromatic ring is 1. The summed E-state index contributed by atoms with van der Waals surface area (Å²) in [6.07, 6.45) is 0. The summed E-state index contributed by atoms with van der Waals surface area (Å²) >= 11 is 0. The van der Waals surface area contributed by atoms with E-state index in [0.717, 1.165) is 0 Å². The lowest BCUT2D eigenvalue weighted by Gasteiger charge is -2.09. The zero-order valence-electron chi connectivity index (χ0n) is 7.99. The Hall–Kier alpha value is -1.10. The van der Waals surface area contributed by atoms with E-state index in [9.17, 15) is 8.96 Å². The van der Waals surface area contributed by atoms with Crippen molar-refractivity contribution in [3.05, 3.63) is 23.5 Å². The second-order valence-electron chi connectivity index (χ2n) is 2.72. The van der Waals surface area contributed by atoms with Crippen LogP contribution in [-0.2, 0) is 15.7 Å². The van der Waals surface area contributed by atoms with E-state index >= 15 is 0 Å². The predicted molar refractivity (Wildman–Crippen MR) is 53.4 cm³/mol. The number of hydrogen-bond donors (Lipinski definition) is 2. The van der Waals surface area contributed by atoms with Crippen LogP contribution in [0.15, 0.2) is 12.1 Å². The van der Waals surface area contributed by atoms with Gasteiger partial charge < -0.3 is 19.9 Å². The van der Waals surface area contributed by atoms with Crippen LogP contribution in [0.5, 0.6) is 5.75 Å². The molecule has 0 bridgehead atoms. The fourth-order valence-corrected chi connectivity index (χ4v) is 1.35. The van der Waals surface area contributed by atoms with Crippen LogP contribution in [0.25, 0.3) is 0 Å². The van der Waals surface area contributed by atoms with E-state index in [2.05, 4.69) is 4.52 Å². The van der Waals surface area contributed by atoms with Crippen LogP contribution in [0.1, 0.15) is 5.56 Å². The van der Waals surface area contributed by atoms with Crippen LogP contribution in [0.4, 0.5) is 10.1 Å². The van der Waals surface area contributed by atoms with Gasteiger partial charge in [-0.3, -0.25) is 4.57 Å². The molecule has 84 valence electrons. The molecule has 1 atom stereocenters. The zero-order chi connectivity index (χ0) is 11.4. The van der Waals surface area contributed by atoms with Crippen LogP contribution in [-0.4, -0.2) is 12.0 Å². The number of anilines is 1. The predicted octanol–water partition coefficient (Wildman–Crippen LogP) is 1.32. The molecule has 1 aromatic rings. The third-order valence-corrected chi connectivity index (χ3v) is 2.15. The van der Waals surface area contributed by atoms with Gasteiger partial charge in [0.05, 0.1) is 19.4 Å². The number of methoxy groups -OCH3 is 1. The van der Waals surface area contributed by atoms with Crippen molar-refractivity contribution in [2.45, 2.75) is 6.61 Å². The first-order valence-corrected chi connectivity index (χ1v) is 5.29. The molecular weight excluding hydrogens is 224 g/mol. The Morgan fingerprint density at radius 2 is 2.27 bits per heavy atom. The normalized spacial score (nSPS) is 12.5. The van der Waals surface area contributed by atoms with Gasteiger partial charge in [-0.25, -0.2) is 4.39 Å². The van der Waals surface area contributed by atoms with Gasteiger partial charge in [0.15, 0.2) is 11.6 Å². The molecule has 0 heterocycles. The quantitative estimate of drug-likeness (QED) is 0.607. The van der Waals surface area contributed by atoms with E-state index in [1.165, 1.54) is 19.2 Å². The van der Waals surface area contributed by atoms with E-state index in [1.54, 1.807) is 0 Å². The van der Waals surface area contributed by atoms with Crippen molar-refractivity contribution in [1.82, 2.24) is 0 Å². The van der Waals surface area contributed by atoms with Crippen LogP contribution in [0.2, 0.25) is 0 Å². The molecule has 15 heavy (non-hydrogen) atoms. The Kier molecular flexibility index (Phi) is 4.08. The molecule has 0 aliphatic carbocycles. The highest BCUT2D eigenvalue weighted by molar-refractivity contribution is 7.32. The Morgan fingerprint density at radius 3 is 2.80 bits per heavy atom. The van der Waals surface area contributed by atoms with E-state index in [0.29, 0.717) is 0 Å². The second-order valence-corrected chi connectivity index (χ2v) is 3.54. The van der Waals surface area contributed by atoms with E-state index < -0.39 is 14.1 Å². The molecule has 0 aliphatic heterocycles. The highest BCUT2D eigenvalue weighted by Gasteiger charge is 2.12. The van der Waals surface area contributed by atoms with Gasteiger partial charge in [-0.15, -0.1) is 0 Å². The standard InChI is InChI=1S/C8H11FNO4P/c1-13-8-6(10)3-2-5(7(8)9)4-14-15(11)12/h2-3,15H,4,10H2,1H3,(H,11,12). The molecule has 0 amide bonds. The van der Waals surface area contributed by atoms with Gasteiger partial charge in [0, 0.05) is 5.56 Å². The molecule has 0 aliphatic rings. The fraction of sp³-hybridized carbons (Fsp3) is 0.250. The molecule has 0 radical (unpaired) electrons. The maximum absolute atomic E-state index is 13.5. The lowest BCUT2D eigenvalue weighted by molar-refractivity contribution is 0.266. The van der Waals surface area contributed by atoms with Gasteiger partial charge in [-0.05, 0) is 6.07 Å². The first kappa shape index (κ1) is 12.0. The zero-order valence-corrected chi connectivity index (χ0v) is 8.99. The van der Waals surface area contributed by atoms with Gasteiger partial charge in [0.1, 0.15) is 0 Å². The number of benzene rings is 1. The van der Waals surface area contributed by atoms with Crippen molar-refractivity contribution in [2.24, 2.45) is 0 Å². The lowest BCUT2D eigenvalue weighted by atomic mass is 10.2. The summed E-state index contributed by atoms with van der Waals surface area (Å²) in [4.78, 5) is 8.43. The molecule has 3 N–H and O–H groups in total. The molecule has 1 aromatic carbocycles. The summed E-state index contributed by atoms with van der Waals surface area (Å²) in [6, 6.07) is 2.81. The van der Waals surface area contributed by atoms with Crippen molar-refractivity contribution in [2.75, 3.05) is 12.8 Å². The minimum absolute atomic E-state index is 0.0892. The number of halogens is 1. The molecule has 1 unspecified atom stereocenters. The summed E-state index contributed by atoms with van der Waals surface area (Å²) in [5, 5.41) is 0. The van der Waals surface area contributed by atoms with Crippen molar-refractivity contribution < 1.29 is 23.1 Å². The van der Waals surface area contributed by atoms with Crippen LogP contribution in [0.3, 0.4) is 0 Å². The van der Waals surface area contributed by atoms with Gasteiger partial charge in [0.2, 0.25) is 0 Å². The highest BCUT2D eigenvalue weighted by atomic mass is 31.1. The minimum atomic E-state index is -3.07. The second kappa shape index (κ2) is 5.11. The van der Waals surface area contributed by atoms with Crippen molar-refractivity contribution in [1.29, 1.82) is 0 Å². The van der Waals surface area contributed by atoms with Gasteiger partial charge >= 0.3 is 8.25 Å². The van der Waals surface area contributed by atoms with Crippen molar-refractivity contribution in [3.8, 4) is 5.75 Å². The molecule has 1 rings (SSSR count). The smallest absolute Gasteiger partial charge is 0.316 e. The SMILES string of the molecule is COc1c(N)ccc(CO[PH](=O)O)c1F. The Labute approximate surface area is 86.6 Å². The van der Waals surface area contributed by atoms with E-state index in [1.807, 2.05) is 0 Å². The number of nitrogens with two attached hydrogens (primary N) is 1. The Balaban J connectivity index is 2.94. The number of hydrogen-bond acceptors (Lipinski definition) is 4. The highest BCUT2D eigenvalue weighted by Crippen LogP contribution is 2.29. The molecule has 0 spiro atoms. The van der Waals surface area contributed by atoms with Crippen molar-refractivity contribution in [3.63, 3.8) is 0 Å². The molecule has 0 aromatic heterocycles. The molecule has 0 fully saturated rings. The number of rotatable bonds is 4. The van der Waals surface area contributed by atoms with E-state index in [-0.39, 0.29) is 23.6 Å². The first-order valence-electron chi connectivity index (χ1n) is 4.02. The molecule has 7 heteroatoms. The first-order chi connectivity index (χ1) is 7.06. The summed E-state index contributed by atoms with van der Waals surface area (Å²) in [5.41, 5.74) is 5.73. The maximum Gasteiger partial charge on any atom is 0.316 e. The topological polar surface area (TPSA) is 81.8 Å². The van der Waals surface area contributed by atoms with Crippen LogP contribution >= 0.6 is 8.25 Å². The van der Waals surface area contributed by atoms with Crippen molar-refractivity contribution >= 4 is 13.9 Å². The Bertz CT molecular complexity index is 385. The largest absolute Gasteiger partial charge is 0.492 e. The molecular formula is C8H11FNO4P. The van der Waals surface area contributed by atoms with E-state index in [4.69, 9.17) is 15.4 Å². The maximum atomic E-state index is 13.5. The van der Waals surface area contributed by atoms with Gasteiger partial charge in [-0.2, -0.15) is 0 Å². The van der Waals surface area contributed by atoms with Crippen LogP contribution < -0.4 is 10.5 Å². The molecule has 0 saturated carbocycles. The van der Waals surface area contributed by atoms with Gasteiger partial charge in [-0.1, -0.05) is 6.07 Å². The molecule has 0 saturated heterocycles. The Morgan fingerprint density at radius 1 is 1.60 bits per heavy atom. The number of ether oxygens (including phenoxy) is 1. The third kappa shape index (κ3) is 2.92. The minimum Gasteiger partial charge on any atom is -0.492 e. The lowest BCUT2D eigenvalue weighted by Crippen LogP contribution is -2.00. The summed E-state index contributed by atoms with van der Waals surface area (Å²) in [7, 11) is -1.78. The summed E-state index contributed by atoms with van der Waals surface area (Å²) < 4.78 is 33.0. The average molecular weight is 235 g/mol. The molecule has 5 nitrogen and oxygen atoms in total. The summed E-state index contributed by atoms with van der Waals surface area (Å²) in [5.74, 6) is -0.769. The summed E-state index contributed by atoms with van der Waals surface area (Å²) in [6.45, 7) is -0.295. The fourth-order valence-electron chi connectivity index (χ4n) is 1.07. The monoisotopic (exact) mass is 235 g/mol.